The van der Waals surface area contributed by atoms with Crippen molar-refractivity contribution in [2.75, 3.05) is 0 Å². The van der Waals surface area contributed by atoms with Crippen LogP contribution in [0.4, 0.5) is 22.0 Å². The molecule has 2 aromatic rings. The van der Waals surface area contributed by atoms with Crippen molar-refractivity contribution in [3.8, 4) is 0 Å². The van der Waals surface area contributed by atoms with Crippen LogP contribution in [0.25, 0.3) is 0 Å². The molecule has 1 atom stereocenters. The number of carbonyl (C=O) groups excluding carboxylic acids is 1. The summed E-state index contributed by atoms with van der Waals surface area (Å²) in [5.74, 6) is -1.99. The van der Waals surface area contributed by atoms with Crippen LogP contribution in [-0.2, 0) is 22.4 Å². The van der Waals surface area contributed by atoms with Crippen molar-refractivity contribution in [1.29, 1.82) is 0 Å². The van der Waals surface area contributed by atoms with E-state index >= 15 is 0 Å². The summed E-state index contributed by atoms with van der Waals surface area (Å²) >= 11 is 0. The molecule has 0 aromatic heterocycles. The van der Waals surface area contributed by atoms with E-state index < -0.39 is 35.4 Å². The lowest BCUT2D eigenvalue weighted by Crippen LogP contribution is -2.34. The van der Waals surface area contributed by atoms with E-state index in [9.17, 15) is 26.7 Å². The molecule has 142 valence electrons. The minimum atomic E-state index is -4.48. The average Bonchev–Trinajstić information content (AvgIpc) is 3.11. The molecule has 1 N–H and O–H groups in total. The standard InChI is InChI=1S/C18H13F5N2O2/c19-12-4-5-14(20)13(7-12)15-8-16(27-25-15)17(26)24-9-10-2-1-3-11(6-10)18(21,22)23/h1-7,16H,8-9H2,(H,24,26)/t16-/m0/s1. The first-order valence-electron chi connectivity index (χ1n) is 7.86. The van der Waals surface area contributed by atoms with Crippen LogP contribution in [0.5, 0.6) is 0 Å². The Kier molecular flexibility index (Phi) is 5.11. The molecule has 0 fully saturated rings. The molecule has 0 aliphatic carbocycles. The van der Waals surface area contributed by atoms with Crippen molar-refractivity contribution in [2.45, 2.75) is 25.2 Å². The molecule has 2 aromatic carbocycles. The van der Waals surface area contributed by atoms with E-state index in [1.807, 2.05) is 0 Å². The lowest BCUT2D eigenvalue weighted by atomic mass is 10.0. The van der Waals surface area contributed by atoms with E-state index in [4.69, 9.17) is 4.84 Å². The Bertz CT molecular complexity index is 896. The summed E-state index contributed by atoms with van der Waals surface area (Å²) in [6.45, 7) is -0.147. The number of nitrogens with one attached hydrogen (secondary N) is 1. The molecule has 9 heteroatoms. The van der Waals surface area contributed by atoms with Gasteiger partial charge in [0.05, 0.1) is 11.3 Å². The summed E-state index contributed by atoms with van der Waals surface area (Å²) in [4.78, 5) is 17.1. The summed E-state index contributed by atoms with van der Waals surface area (Å²) < 4.78 is 65.1. The third kappa shape index (κ3) is 4.42. The second kappa shape index (κ2) is 7.34. The highest BCUT2D eigenvalue weighted by molar-refractivity contribution is 6.04. The third-order valence-electron chi connectivity index (χ3n) is 3.92. The molecule has 4 nitrogen and oxygen atoms in total. The Labute approximate surface area is 150 Å². The molecule has 0 saturated heterocycles. The quantitative estimate of drug-likeness (QED) is 0.816. The Hall–Kier alpha value is -2.97. The predicted molar refractivity (Wildman–Crippen MR) is 85.7 cm³/mol. The van der Waals surface area contributed by atoms with E-state index in [0.717, 1.165) is 30.3 Å². The Morgan fingerprint density at radius 2 is 1.96 bits per heavy atom. The summed E-state index contributed by atoms with van der Waals surface area (Å²) in [6, 6.07) is 7.38. The molecule has 3 rings (SSSR count). The van der Waals surface area contributed by atoms with Gasteiger partial charge in [-0.05, 0) is 35.9 Å². The molecule has 0 unspecified atom stereocenters. The number of carbonyl (C=O) groups is 1. The second-order valence-corrected chi connectivity index (χ2v) is 5.88. The smallest absolute Gasteiger partial charge is 0.382 e. The summed E-state index contributed by atoms with van der Waals surface area (Å²) in [5.41, 5.74) is -0.596. The highest BCUT2D eigenvalue weighted by Gasteiger charge is 2.31. The lowest BCUT2D eigenvalue weighted by molar-refractivity contribution is -0.137. The van der Waals surface area contributed by atoms with Crippen molar-refractivity contribution < 1.29 is 31.6 Å². The molecule has 0 radical (unpaired) electrons. The molecular weight excluding hydrogens is 371 g/mol. The highest BCUT2D eigenvalue weighted by atomic mass is 19.4. The zero-order valence-electron chi connectivity index (χ0n) is 13.7. The normalized spacial score (nSPS) is 16.6. The van der Waals surface area contributed by atoms with E-state index in [1.54, 1.807) is 0 Å². The van der Waals surface area contributed by atoms with Crippen molar-refractivity contribution in [2.24, 2.45) is 5.16 Å². The minimum Gasteiger partial charge on any atom is -0.382 e. The molecule has 1 amide bonds. The molecule has 27 heavy (non-hydrogen) atoms. The Morgan fingerprint density at radius 3 is 2.70 bits per heavy atom. The zero-order valence-corrected chi connectivity index (χ0v) is 13.7. The number of hydrogen-bond acceptors (Lipinski definition) is 3. The number of nitrogens with zero attached hydrogens (tertiary/aromatic N) is 1. The van der Waals surface area contributed by atoms with Crippen molar-refractivity contribution in [1.82, 2.24) is 5.32 Å². The molecule has 0 spiro atoms. The van der Waals surface area contributed by atoms with E-state index in [-0.39, 0.29) is 29.8 Å². The van der Waals surface area contributed by atoms with Crippen LogP contribution < -0.4 is 5.32 Å². The number of amides is 1. The fraction of sp³-hybridized carbons (Fsp3) is 0.222. The zero-order chi connectivity index (χ0) is 19.6. The van der Waals surface area contributed by atoms with Gasteiger partial charge in [-0.15, -0.1) is 0 Å². The van der Waals surface area contributed by atoms with E-state index in [1.165, 1.54) is 12.1 Å². The van der Waals surface area contributed by atoms with Crippen LogP contribution >= 0.6 is 0 Å². The van der Waals surface area contributed by atoms with Gasteiger partial charge in [0.15, 0.2) is 0 Å². The topological polar surface area (TPSA) is 50.7 Å². The van der Waals surface area contributed by atoms with Gasteiger partial charge in [-0.2, -0.15) is 13.2 Å². The van der Waals surface area contributed by atoms with Gasteiger partial charge in [0, 0.05) is 18.5 Å². The van der Waals surface area contributed by atoms with Crippen molar-refractivity contribution in [3.63, 3.8) is 0 Å². The fourth-order valence-electron chi connectivity index (χ4n) is 2.56. The van der Waals surface area contributed by atoms with Gasteiger partial charge >= 0.3 is 6.18 Å². The van der Waals surface area contributed by atoms with Crippen LogP contribution in [0.15, 0.2) is 47.6 Å². The number of benzene rings is 2. The lowest BCUT2D eigenvalue weighted by Gasteiger charge is -2.11. The second-order valence-electron chi connectivity index (χ2n) is 5.88. The molecule has 1 aliphatic heterocycles. The van der Waals surface area contributed by atoms with E-state index in [0.29, 0.717) is 0 Å². The minimum absolute atomic E-state index is 0.0752. The van der Waals surface area contributed by atoms with Gasteiger partial charge in [-0.3, -0.25) is 4.79 Å². The van der Waals surface area contributed by atoms with Crippen LogP contribution in [0.3, 0.4) is 0 Å². The largest absolute Gasteiger partial charge is 0.416 e. The molecular formula is C18H13F5N2O2. The van der Waals surface area contributed by atoms with Gasteiger partial charge in [0.2, 0.25) is 6.10 Å². The van der Waals surface area contributed by atoms with E-state index in [2.05, 4.69) is 10.5 Å². The molecule has 1 heterocycles. The summed E-state index contributed by atoms with van der Waals surface area (Å²) in [5, 5.41) is 6.06. The molecule has 0 bridgehead atoms. The van der Waals surface area contributed by atoms with Gasteiger partial charge in [0.1, 0.15) is 11.6 Å². The first kappa shape index (κ1) is 18.8. The predicted octanol–water partition coefficient (Wildman–Crippen LogP) is 3.79. The van der Waals surface area contributed by atoms with Gasteiger partial charge in [-0.1, -0.05) is 17.3 Å². The van der Waals surface area contributed by atoms with Crippen molar-refractivity contribution >= 4 is 11.6 Å². The first-order valence-corrected chi connectivity index (χ1v) is 7.86. The van der Waals surface area contributed by atoms with Crippen molar-refractivity contribution in [3.05, 3.63) is 70.8 Å². The summed E-state index contributed by atoms with van der Waals surface area (Å²) in [6.07, 6.45) is -5.64. The van der Waals surface area contributed by atoms with Crippen LogP contribution in [0.2, 0.25) is 0 Å². The number of rotatable bonds is 4. The monoisotopic (exact) mass is 384 g/mol. The number of alkyl halides is 3. The molecule has 0 saturated carbocycles. The number of hydrogen-bond donors (Lipinski definition) is 1. The third-order valence-corrected chi connectivity index (χ3v) is 3.92. The maximum atomic E-state index is 13.8. The average molecular weight is 384 g/mol. The number of halogens is 5. The SMILES string of the molecule is O=C(NCc1cccc(C(F)(F)F)c1)[C@@H]1CC(c2cc(F)ccc2F)=NO1. The summed E-state index contributed by atoms with van der Waals surface area (Å²) in [7, 11) is 0. The fourth-order valence-corrected chi connectivity index (χ4v) is 2.56. The maximum absolute atomic E-state index is 13.8. The maximum Gasteiger partial charge on any atom is 0.416 e. The van der Waals surface area contributed by atoms with Crippen LogP contribution in [0, 0.1) is 11.6 Å². The Morgan fingerprint density at radius 1 is 1.19 bits per heavy atom. The highest BCUT2D eigenvalue weighted by Crippen LogP contribution is 2.29. The first-order chi connectivity index (χ1) is 12.7. The van der Waals surface area contributed by atoms with Crippen LogP contribution in [0.1, 0.15) is 23.1 Å². The number of oxime groups is 1. The van der Waals surface area contributed by atoms with Gasteiger partial charge < -0.3 is 10.2 Å². The van der Waals surface area contributed by atoms with Crippen LogP contribution in [-0.4, -0.2) is 17.7 Å². The Balaban J connectivity index is 1.60. The van der Waals surface area contributed by atoms with Gasteiger partial charge in [-0.25, -0.2) is 8.78 Å². The van der Waals surface area contributed by atoms with Gasteiger partial charge in [0.25, 0.3) is 5.91 Å². The molecule has 1 aliphatic rings.